The number of ether oxygens (including phenoxy) is 1. The van der Waals surface area contributed by atoms with Crippen LogP contribution in [0.1, 0.15) is 33.4 Å². The zero-order chi connectivity index (χ0) is 51.2. The van der Waals surface area contributed by atoms with Crippen molar-refractivity contribution >= 4 is 62.6 Å². The minimum absolute atomic E-state index is 0.00544. The van der Waals surface area contributed by atoms with Crippen LogP contribution in [0, 0.1) is 84.6 Å². The first-order chi connectivity index (χ1) is 33.8. The van der Waals surface area contributed by atoms with Crippen LogP contribution in [0.2, 0.25) is 0 Å². The maximum Gasteiger partial charge on any atom is 0.294 e. The predicted molar refractivity (Wildman–Crippen MR) is 255 cm³/mol. The molecule has 9 rings (SSSR count). The molecule has 0 aliphatic heterocycles. The fourth-order valence-electron chi connectivity index (χ4n) is 8.42. The molecule has 0 N–H and O–H groups in total. The van der Waals surface area contributed by atoms with Crippen LogP contribution in [0.5, 0.6) is 5.75 Å². The normalized spacial score (nSPS) is 12.7. The van der Waals surface area contributed by atoms with Crippen LogP contribution in [0.4, 0.5) is 51.2 Å². The van der Waals surface area contributed by atoms with E-state index in [1.54, 1.807) is 32.0 Å². The molecule has 0 saturated carbocycles. The molecule has 2 aliphatic rings. The van der Waals surface area contributed by atoms with E-state index >= 15 is 0 Å². The largest absolute Gasteiger partial charge is 0.494 e. The van der Waals surface area contributed by atoms with Crippen molar-refractivity contribution in [3.8, 4) is 39.1 Å². The summed E-state index contributed by atoms with van der Waals surface area (Å²) in [7, 11) is 1.46. The Kier molecular flexibility index (Phi) is 12.1. The van der Waals surface area contributed by atoms with Gasteiger partial charge in [0.05, 0.1) is 87.4 Å². The highest BCUT2D eigenvalue weighted by Crippen LogP contribution is 2.52. The standard InChI is InChI=1S/C27H18N4O7.C20H11N5O8/c1-15-10-19-25(22(11-15)30(34)35)26-20(13-18(29(32)33)14-23(26)31(36)37)27(19)28-21-12-17(8-9-24(21)38-2)16-6-4-3-5-7-16;1-10-6-12-18(16(7-10)24(30)31)19-13(8-11(22(26)27)9-17(19)25(32)33)20(12)21-14-4-2-3-5-15(14)23(28)29/h3-14H,1-2H3;2-9H,1H3. The number of rotatable bonds is 11. The summed E-state index contributed by atoms with van der Waals surface area (Å²) in [5.74, 6) is 0.384. The average Bonchev–Trinajstić information content (AvgIpc) is 3.81. The van der Waals surface area contributed by atoms with E-state index in [4.69, 9.17) is 9.73 Å². The Morgan fingerprint density at radius 1 is 0.380 bits per heavy atom. The molecule has 0 aromatic heterocycles. The van der Waals surface area contributed by atoms with Crippen LogP contribution in [-0.2, 0) is 0 Å². The third-order valence-electron chi connectivity index (χ3n) is 11.3. The molecule has 24 heteroatoms. The van der Waals surface area contributed by atoms with E-state index in [9.17, 15) is 70.8 Å². The summed E-state index contributed by atoms with van der Waals surface area (Å²) >= 11 is 0. The molecule has 0 bridgehead atoms. The molecule has 0 atom stereocenters. The van der Waals surface area contributed by atoms with Crippen LogP contribution in [-0.4, -0.2) is 53.0 Å². The van der Waals surface area contributed by atoms with Gasteiger partial charge >= 0.3 is 0 Å². The van der Waals surface area contributed by atoms with Crippen molar-refractivity contribution in [3.05, 3.63) is 226 Å². The molecule has 0 fully saturated rings. The Hall–Kier alpha value is -10.5. The topological polar surface area (TPSA) is 336 Å². The fourth-order valence-corrected chi connectivity index (χ4v) is 8.42. The van der Waals surface area contributed by atoms with Gasteiger partial charge in [-0.1, -0.05) is 48.5 Å². The van der Waals surface area contributed by atoms with E-state index in [2.05, 4.69) is 4.99 Å². The third-order valence-corrected chi connectivity index (χ3v) is 11.3. The lowest BCUT2D eigenvalue weighted by molar-refractivity contribution is -0.394. The number of benzene rings is 7. The molecule has 0 heterocycles. The van der Waals surface area contributed by atoms with Gasteiger partial charge in [0.15, 0.2) is 0 Å². The second kappa shape index (κ2) is 18.3. The highest BCUT2D eigenvalue weighted by Gasteiger charge is 2.42. The van der Waals surface area contributed by atoms with E-state index in [0.29, 0.717) is 22.6 Å². The van der Waals surface area contributed by atoms with E-state index in [1.165, 1.54) is 49.6 Å². The van der Waals surface area contributed by atoms with Gasteiger partial charge < -0.3 is 4.74 Å². The van der Waals surface area contributed by atoms with Crippen molar-refractivity contribution in [2.45, 2.75) is 13.8 Å². The quantitative estimate of drug-likeness (QED) is 0.0858. The molecule has 0 unspecified atom stereocenters. The zero-order valence-electron chi connectivity index (χ0n) is 36.7. The molecule has 0 spiro atoms. The molecule has 352 valence electrons. The SMILES string of the molecule is COc1ccc(-c2ccccc2)cc1N=C1c2cc(C)cc([N+](=O)[O-])c2-c2c1cc([N+](=O)[O-])cc2[N+](=O)[O-].Cc1cc2c(c([N+](=O)[O-])c1)-c1c(cc([N+](=O)[O-])cc1[N+](=O)[O-])C2=Nc1ccccc1[N+](=O)[O-]. The van der Waals surface area contributed by atoms with Gasteiger partial charge in [-0.2, -0.15) is 0 Å². The number of hydrogen-bond acceptors (Lipinski definition) is 17. The zero-order valence-corrected chi connectivity index (χ0v) is 36.7. The number of methoxy groups -OCH3 is 1. The van der Waals surface area contributed by atoms with E-state index in [1.807, 2.05) is 36.4 Å². The van der Waals surface area contributed by atoms with Crippen molar-refractivity contribution in [1.82, 2.24) is 0 Å². The number of nitro groups is 7. The van der Waals surface area contributed by atoms with Crippen molar-refractivity contribution in [2.24, 2.45) is 9.98 Å². The predicted octanol–water partition coefficient (Wildman–Crippen LogP) is 11.3. The summed E-state index contributed by atoms with van der Waals surface area (Å²) < 4.78 is 5.50. The van der Waals surface area contributed by atoms with Crippen LogP contribution >= 0.6 is 0 Å². The van der Waals surface area contributed by atoms with E-state index < -0.39 is 62.9 Å². The maximum absolute atomic E-state index is 12.0. The van der Waals surface area contributed by atoms with Gasteiger partial charge in [-0.25, -0.2) is 9.98 Å². The highest BCUT2D eigenvalue weighted by molar-refractivity contribution is 6.29. The van der Waals surface area contributed by atoms with Gasteiger partial charge in [0.25, 0.3) is 39.8 Å². The first kappa shape index (κ1) is 47.0. The van der Waals surface area contributed by atoms with Crippen LogP contribution in [0.25, 0.3) is 33.4 Å². The maximum atomic E-state index is 12.0. The summed E-state index contributed by atoms with van der Waals surface area (Å²) in [6, 6.07) is 29.6. The monoisotopic (exact) mass is 959 g/mol. The minimum atomic E-state index is -0.868. The Bertz CT molecular complexity index is 3610. The number of aliphatic imine (C=N–C) groups is 2. The highest BCUT2D eigenvalue weighted by atomic mass is 16.7. The lowest BCUT2D eigenvalue weighted by Crippen LogP contribution is -2.02. The summed E-state index contributed by atoms with van der Waals surface area (Å²) in [5.41, 5.74) is -0.768. The first-order valence-electron chi connectivity index (χ1n) is 20.5. The number of nitro benzene ring substituents is 7. The van der Waals surface area contributed by atoms with Gasteiger partial charge in [-0.05, 0) is 66.4 Å². The Balaban J connectivity index is 0.000000192. The molecular formula is C47H29N9O15. The Morgan fingerprint density at radius 3 is 1.20 bits per heavy atom. The molecule has 0 amide bonds. The van der Waals surface area contributed by atoms with Crippen molar-refractivity contribution in [1.29, 1.82) is 0 Å². The number of fused-ring (bicyclic) bond motifs is 6. The number of para-hydroxylation sites is 2. The average molecular weight is 960 g/mol. The van der Waals surface area contributed by atoms with Crippen LogP contribution in [0.15, 0.2) is 131 Å². The van der Waals surface area contributed by atoms with E-state index in [0.717, 1.165) is 35.4 Å². The van der Waals surface area contributed by atoms with Gasteiger partial charge in [-0.3, -0.25) is 70.8 Å². The molecule has 0 saturated heterocycles. The molecule has 24 nitrogen and oxygen atoms in total. The second-order valence-electron chi connectivity index (χ2n) is 15.7. The third kappa shape index (κ3) is 8.56. The Morgan fingerprint density at radius 2 is 0.775 bits per heavy atom. The fraction of sp³-hybridized carbons (Fsp3) is 0.0638. The smallest absolute Gasteiger partial charge is 0.294 e. The van der Waals surface area contributed by atoms with Gasteiger partial charge in [0, 0.05) is 52.6 Å². The second-order valence-corrected chi connectivity index (χ2v) is 15.7. The Labute approximate surface area is 396 Å². The summed E-state index contributed by atoms with van der Waals surface area (Å²) in [5, 5.41) is 82.1. The van der Waals surface area contributed by atoms with Crippen LogP contribution in [0.3, 0.4) is 0 Å². The van der Waals surface area contributed by atoms with E-state index in [-0.39, 0.29) is 73.0 Å². The molecular weight excluding hydrogens is 931 g/mol. The summed E-state index contributed by atoms with van der Waals surface area (Å²) in [4.78, 5) is 86.0. The lowest BCUT2D eigenvalue weighted by atomic mass is 10.00. The first-order valence-corrected chi connectivity index (χ1v) is 20.5. The lowest BCUT2D eigenvalue weighted by Gasteiger charge is -2.10. The number of non-ortho nitro benzene ring substituents is 2. The molecule has 2 aliphatic carbocycles. The minimum Gasteiger partial charge on any atom is -0.494 e. The molecule has 7 aromatic carbocycles. The van der Waals surface area contributed by atoms with Gasteiger partial charge in [0.2, 0.25) is 0 Å². The van der Waals surface area contributed by atoms with Crippen molar-refractivity contribution in [3.63, 3.8) is 0 Å². The van der Waals surface area contributed by atoms with Crippen LogP contribution < -0.4 is 4.74 Å². The number of hydrogen-bond donors (Lipinski definition) is 0. The van der Waals surface area contributed by atoms with Gasteiger partial charge in [0.1, 0.15) is 17.1 Å². The number of nitrogens with zero attached hydrogens (tertiary/aromatic N) is 9. The molecule has 71 heavy (non-hydrogen) atoms. The summed E-state index contributed by atoms with van der Waals surface area (Å²) in [6.07, 6.45) is 0. The number of aryl methyl sites for hydroxylation is 2. The molecule has 7 aromatic rings. The van der Waals surface area contributed by atoms with Crippen molar-refractivity contribution in [2.75, 3.05) is 7.11 Å². The van der Waals surface area contributed by atoms with Crippen molar-refractivity contribution < 1.29 is 39.2 Å². The molecule has 0 radical (unpaired) electrons. The van der Waals surface area contributed by atoms with Gasteiger partial charge in [-0.15, -0.1) is 0 Å². The summed E-state index contributed by atoms with van der Waals surface area (Å²) in [6.45, 7) is 3.22.